The second-order valence-corrected chi connectivity index (χ2v) is 10.0. The number of rotatable bonds is 10. The molecule has 0 radical (unpaired) electrons. The van der Waals surface area contributed by atoms with Crippen LogP contribution in [-0.2, 0) is 21.9 Å². The molecule has 0 unspecified atom stereocenters. The second kappa shape index (κ2) is 13.0. The van der Waals surface area contributed by atoms with Crippen LogP contribution in [0.15, 0.2) is 36.4 Å². The van der Waals surface area contributed by atoms with Crippen LogP contribution in [0.5, 0.6) is 0 Å². The summed E-state index contributed by atoms with van der Waals surface area (Å²) in [7, 11) is 0. The molecule has 0 saturated heterocycles. The summed E-state index contributed by atoms with van der Waals surface area (Å²) in [5.74, 6) is 0.180. The lowest BCUT2D eigenvalue weighted by molar-refractivity contribution is -0.138. The molecule has 9 heteroatoms. The monoisotopic (exact) mass is 534 g/mol. The molecule has 174 valence electrons. The number of thioether (sulfide) groups is 1. The highest BCUT2D eigenvalue weighted by atomic mass is 35.5. The number of carbonyl (C=O) groups excluding carboxylic acids is 2. The zero-order chi connectivity index (χ0) is 23.8. The Morgan fingerprint density at radius 3 is 1.94 bits per heavy atom. The first-order valence-electron chi connectivity index (χ1n) is 10.2. The van der Waals surface area contributed by atoms with Crippen molar-refractivity contribution in [3.63, 3.8) is 0 Å². The van der Waals surface area contributed by atoms with Gasteiger partial charge in [0, 0.05) is 44.0 Å². The summed E-state index contributed by atoms with van der Waals surface area (Å²) < 4.78 is 0. The summed E-state index contributed by atoms with van der Waals surface area (Å²) in [6.07, 6.45) is 0.789. The molecule has 2 amide bonds. The van der Waals surface area contributed by atoms with Crippen LogP contribution in [0.3, 0.4) is 0 Å². The van der Waals surface area contributed by atoms with Crippen LogP contribution in [0.4, 0.5) is 0 Å². The third-order valence-electron chi connectivity index (χ3n) is 5.09. The van der Waals surface area contributed by atoms with E-state index in [0.717, 1.165) is 12.0 Å². The van der Waals surface area contributed by atoms with Crippen LogP contribution in [0.25, 0.3) is 0 Å². The van der Waals surface area contributed by atoms with Gasteiger partial charge in [0.05, 0.1) is 5.75 Å². The second-order valence-electron chi connectivity index (χ2n) is 7.41. The molecule has 2 aromatic rings. The minimum Gasteiger partial charge on any atom is -0.352 e. The van der Waals surface area contributed by atoms with E-state index >= 15 is 0 Å². The normalized spacial score (nSPS) is 12.8. The Balaban J connectivity index is 2.18. The minimum atomic E-state index is -0.701. The van der Waals surface area contributed by atoms with Crippen molar-refractivity contribution in [2.45, 2.75) is 51.6 Å². The topological polar surface area (TPSA) is 49.4 Å². The van der Waals surface area contributed by atoms with Gasteiger partial charge in [0.25, 0.3) is 0 Å². The Bertz CT molecular complexity index is 917. The Morgan fingerprint density at radius 2 is 1.44 bits per heavy atom. The molecule has 2 atom stereocenters. The van der Waals surface area contributed by atoms with Crippen LogP contribution in [0, 0.1) is 0 Å². The highest BCUT2D eigenvalue weighted by Crippen LogP contribution is 2.29. The Hall–Kier alpha value is -1.11. The zero-order valence-electron chi connectivity index (χ0n) is 18.1. The van der Waals surface area contributed by atoms with Gasteiger partial charge in [0.2, 0.25) is 11.8 Å². The fraction of sp³-hybridized carbons (Fsp3) is 0.391. The number of benzene rings is 2. The number of halogens is 4. The van der Waals surface area contributed by atoms with Crippen molar-refractivity contribution in [3.05, 3.63) is 67.6 Å². The quantitative estimate of drug-likeness (QED) is 0.361. The van der Waals surface area contributed by atoms with Crippen molar-refractivity contribution in [3.8, 4) is 0 Å². The number of nitrogens with one attached hydrogen (secondary N) is 1. The van der Waals surface area contributed by atoms with E-state index in [0.29, 0.717) is 31.4 Å². The van der Waals surface area contributed by atoms with Gasteiger partial charge in [-0.1, -0.05) is 65.5 Å². The number of amides is 2. The summed E-state index contributed by atoms with van der Waals surface area (Å²) in [5.41, 5.74) is 1.38. The summed E-state index contributed by atoms with van der Waals surface area (Å²) in [6, 6.07) is 9.76. The lowest BCUT2D eigenvalue weighted by Gasteiger charge is -2.30. The summed E-state index contributed by atoms with van der Waals surface area (Å²) in [6.45, 7) is 5.74. The van der Waals surface area contributed by atoms with Crippen molar-refractivity contribution in [2.75, 3.05) is 5.75 Å². The molecule has 1 N–H and O–H groups in total. The van der Waals surface area contributed by atoms with Gasteiger partial charge in [-0.05, 0) is 50.1 Å². The smallest absolute Gasteiger partial charge is 0.242 e. The van der Waals surface area contributed by atoms with Crippen molar-refractivity contribution in [1.82, 2.24) is 10.2 Å². The van der Waals surface area contributed by atoms with Crippen LogP contribution < -0.4 is 5.32 Å². The van der Waals surface area contributed by atoms with Gasteiger partial charge in [0.15, 0.2) is 0 Å². The van der Waals surface area contributed by atoms with Crippen LogP contribution in [-0.4, -0.2) is 34.6 Å². The van der Waals surface area contributed by atoms with Gasteiger partial charge in [-0.3, -0.25) is 9.59 Å². The van der Waals surface area contributed by atoms with Gasteiger partial charge in [0.1, 0.15) is 6.04 Å². The number of carbonyl (C=O) groups is 2. The Morgan fingerprint density at radius 1 is 0.938 bits per heavy atom. The standard InChI is InChI=1S/C23H26Cl4N2O2S/c1-4-14(2)28-23(31)15(3)29(11-16-18(24)7-5-8-19(16)25)22(30)13-32-12-17-20(26)9-6-10-21(17)27/h5-10,14-15H,4,11-13H2,1-3H3,(H,28,31)/t14-,15-/m1/s1. The molecule has 0 aliphatic heterocycles. The molecule has 0 saturated carbocycles. The lowest BCUT2D eigenvalue weighted by atomic mass is 10.1. The first-order valence-corrected chi connectivity index (χ1v) is 12.9. The summed E-state index contributed by atoms with van der Waals surface area (Å²) in [4.78, 5) is 27.5. The third-order valence-corrected chi connectivity index (χ3v) is 7.45. The molecule has 2 aromatic carbocycles. The Labute approximate surface area is 213 Å². The van der Waals surface area contributed by atoms with E-state index in [-0.39, 0.29) is 30.2 Å². The van der Waals surface area contributed by atoms with Crippen molar-refractivity contribution in [1.29, 1.82) is 0 Å². The van der Waals surface area contributed by atoms with Gasteiger partial charge >= 0.3 is 0 Å². The highest BCUT2D eigenvalue weighted by Gasteiger charge is 2.28. The average Bonchev–Trinajstić information content (AvgIpc) is 2.74. The maximum atomic E-state index is 13.2. The average molecular weight is 536 g/mol. The third kappa shape index (κ3) is 7.46. The highest BCUT2D eigenvalue weighted by molar-refractivity contribution is 7.99. The molecule has 4 nitrogen and oxygen atoms in total. The predicted molar refractivity (Wildman–Crippen MR) is 137 cm³/mol. The van der Waals surface area contributed by atoms with Crippen LogP contribution >= 0.6 is 58.2 Å². The molecule has 0 heterocycles. The maximum Gasteiger partial charge on any atom is 0.242 e. The molecule has 0 aliphatic rings. The SMILES string of the molecule is CC[C@@H](C)NC(=O)[C@@H](C)N(Cc1c(Cl)cccc1Cl)C(=O)CSCc1c(Cl)cccc1Cl. The summed E-state index contributed by atoms with van der Waals surface area (Å²) >= 11 is 26.5. The molecule has 0 bridgehead atoms. The van der Waals surface area contributed by atoms with E-state index < -0.39 is 6.04 Å². The van der Waals surface area contributed by atoms with Crippen LogP contribution in [0.1, 0.15) is 38.3 Å². The minimum absolute atomic E-state index is 0.00235. The zero-order valence-corrected chi connectivity index (χ0v) is 22.0. The van der Waals surface area contributed by atoms with E-state index in [1.54, 1.807) is 43.3 Å². The van der Waals surface area contributed by atoms with E-state index in [1.807, 2.05) is 13.8 Å². The molecular weight excluding hydrogens is 510 g/mol. The van der Waals surface area contributed by atoms with Crippen molar-refractivity contribution in [2.24, 2.45) is 0 Å². The van der Waals surface area contributed by atoms with Gasteiger partial charge in [-0.15, -0.1) is 11.8 Å². The number of hydrogen-bond acceptors (Lipinski definition) is 3. The van der Waals surface area contributed by atoms with Crippen molar-refractivity contribution >= 4 is 70.0 Å². The molecule has 32 heavy (non-hydrogen) atoms. The Kier molecular flexibility index (Phi) is 11.0. The molecule has 0 spiro atoms. The number of nitrogens with zero attached hydrogens (tertiary/aromatic N) is 1. The predicted octanol–water partition coefficient (Wildman–Crippen LogP) is 6.87. The number of hydrogen-bond donors (Lipinski definition) is 1. The van der Waals surface area contributed by atoms with E-state index in [1.165, 1.54) is 16.7 Å². The molecule has 0 fully saturated rings. The molecule has 0 aliphatic carbocycles. The van der Waals surface area contributed by atoms with Gasteiger partial charge < -0.3 is 10.2 Å². The van der Waals surface area contributed by atoms with E-state index in [4.69, 9.17) is 46.4 Å². The van der Waals surface area contributed by atoms with Gasteiger partial charge in [-0.25, -0.2) is 0 Å². The fourth-order valence-electron chi connectivity index (χ4n) is 2.90. The molecule has 0 aromatic heterocycles. The lowest BCUT2D eigenvalue weighted by Crippen LogP contribution is -2.50. The fourth-order valence-corrected chi connectivity index (χ4v) is 5.06. The van der Waals surface area contributed by atoms with Crippen LogP contribution in [0.2, 0.25) is 20.1 Å². The maximum absolute atomic E-state index is 13.2. The first kappa shape index (κ1) is 27.1. The van der Waals surface area contributed by atoms with Crippen molar-refractivity contribution < 1.29 is 9.59 Å². The summed E-state index contributed by atoms with van der Waals surface area (Å²) in [5, 5.41) is 4.93. The largest absolute Gasteiger partial charge is 0.352 e. The van der Waals surface area contributed by atoms with Gasteiger partial charge in [-0.2, -0.15) is 0 Å². The van der Waals surface area contributed by atoms with E-state index in [2.05, 4.69) is 5.32 Å². The first-order chi connectivity index (χ1) is 15.1. The van der Waals surface area contributed by atoms with E-state index in [9.17, 15) is 9.59 Å². The molecular formula is C23H26Cl4N2O2S. The molecule has 2 rings (SSSR count).